The monoisotopic (exact) mass is 328 g/mol. The van der Waals surface area contributed by atoms with E-state index in [4.69, 9.17) is 14.9 Å². The SMILES string of the molecule is CN1Cc2ccccc2Oc2cnccc21.O=C(O)C=CC(=O)O. The fraction of sp³-hybridized carbons (Fsp3) is 0.118. The van der Waals surface area contributed by atoms with E-state index in [1.165, 1.54) is 5.56 Å². The van der Waals surface area contributed by atoms with E-state index in [0.29, 0.717) is 12.2 Å². The summed E-state index contributed by atoms with van der Waals surface area (Å²) in [6, 6.07) is 10.1. The highest BCUT2D eigenvalue weighted by atomic mass is 16.5. The molecule has 2 N–H and O–H groups in total. The van der Waals surface area contributed by atoms with Gasteiger partial charge in [0.1, 0.15) is 5.75 Å². The van der Waals surface area contributed by atoms with Crippen molar-refractivity contribution in [3.05, 3.63) is 60.4 Å². The normalized spacial score (nSPS) is 12.1. The summed E-state index contributed by atoms with van der Waals surface area (Å²) in [6.45, 7) is 0.854. The minimum atomic E-state index is -1.26. The average Bonchev–Trinajstić information content (AvgIpc) is 2.69. The van der Waals surface area contributed by atoms with Crippen molar-refractivity contribution in [1.82, 2.24) is 4.98 Å². The van der Waals surface area contributed by atoms with E-state index < -0.39 is 11.9 Å². The van der Waals surface area contributed by atoms with Gasteiger partial charge < -0.3 is 19.8 Å². The predicted octanol–water partition coefficient (Wildman–Crippen LogP) is 2.54. The molecule has 1 aromatic carbocycles. The molecular formula is C17H16N2O5. The number of carbonyl (C=O) groups is 2. The number of aromatic nitrogens is 1. The van der Waals surface area contributed by atoms with Crippen molar-refractivity contribution in [3.8, 4) is 11.5 Å². The number of pyridine rings is 1. The Kier molecular flexibility index (Phi) is 5.51. The minimum Gasteiger partial charge on any atom is -0.478 e. The largest absolute Gasteiger partial charge is 0.478 e. The number of carboxylic acids is 2. The van der Waals surface area contributed by atoms with Gasteiger partial charge in [-0.3, -0.25) is 4.98 Å². The molecule has 2 aromatic rings. The lowest BCUT2D eigenvalue weighted by atomic mass is 10.2. The molecule has 0 unspecified atom stereocenters. The van der Waals surface area contributed by atoms with Gasteiger partial charge in [0, 0.05) is 37.5 Å². The third kappa shape index (κ3) is 4.57. The Morgan fingerprint density at radius 1 is 1.12 bits per heavy atom. The molecule has 0 saturated carbocycles. The Bertz CT molecular complexity index is 757. The van der Waals surface area contributed by atoms with E-state index in [-0.39, 0.29) is 0 Å². The fourth-order valence-corrected chi connectivity index (χ4v) is 2.10. The number of ether oxygens (including phenoxy) is 1. The summed E-state index contributed by atoms with van der Waals surface area (Å²) >= 11 is 0. The Labute approximate surface area is 138 Å². The quantitative estimate of drug-likeness (QED) is 0.817. The molecule has 1 aliphatic rings. The number of para-hydroxylation sites is 1. The van der Waals surface area contributed by atoms with Crippen LogP contribution in [0.3, 0.4) is 0 Å². The van der Waals surface area contributed by atoms with Gasteiger partial charge in [-0.25, -0.2) is 9.59 Å². The van der Waals surface area contributed by atoms with E-state index >= 15 is 0 Å². The lowest BCUT2D eigenvalue weighted by Gasteiger charge is -2.17. The molecule has 124 valence electrons. The van der Waals surface area contributed by atoms with Crippen LogP contribution in [0.2, 0.25) is 0 Å². The number of nitrogens with zero attached hydrogens (tertiary/aromatic N) is 2. The van der Waals surface area contributed by atoms with E-state index in [1.807, 2.05) is 24.3 Å². The fourth-order valence-electron chi connectivity index (χ4n) is 2.10. The molecule has 0 spiro atoms. The highest BCUT2D eigenvalue weighted by Gasteiger charge is 2.17. The van der Waals surface area contributed by atoms with Gasteiger partial charge in [0.25, 0.3) is 0 Å². The van der Waals surface area contributed by atoms with Crippen molar-refractivity contribution in [2.24, 2.45) is 0 Å². The van der Waals surface area contributed by atoms with Crippen LogP contribution in [0.25, 0.3) is 0 Å². The van der Waals surface area contributed by atoms with Gasteiger partial charge in [-0.1, -0.05) is 18.2 Å². The summed E-state index contributed by atoms with van der Waals surface area (Å²) < 4.78 is 5.87. The highest BCUT2D eigenvalue weighted by molar-refractivity contribution is 5.89. The number of aliphatic carboxylic acids is 2. The van der Waals surface area contributed by atoms with Gasteiger partial charge in [-0.05, 0) is 12.1 Å². The molecule has 0 radical (unpaired) electrons. The molecule has 1 aliphatic heterocycles. The molecule has 0 amide bonds. The topological polar surface area (TPSA) is 100.0 Å². The number of hydrogen-bond donors (Lipinski definition) is 2. The zero-order valence-electron chi connectivity index (χ0n) is 12.9. The smallest absolute Gasteiger partial charge is 0.328 e. The zero-order chi connectivity index (χ0) is 17.5. The lowest BCUT2D eigenvalue weighted by molar-refractivity contribution is -0.134. The number of fused-ring (bicyclic) bond motifs is 2. The highest BCUT2D eigenvalue weighted by Crippen LogP contribution is 2.36. The maximum absolute atomic E-state index is 9.55. The van der Waals surface area contributed by atoms with Crippen LogP contribution < -0.4 is 9.64 Å². The van der Waals surface area contributed by atoms with Crippen LogP contribution in [0.1, 0.15) is 5.56 Å². The van der Waals surface area contributed by atoms with Gasteiger partial charge in [0.15, 0.2) is 5.75 Å². The van der Waals surface area contributed by atoms with Crippen molar-refractivity contribution < 1.29 is 24.5 Å². The number of benzene rings is 1. The van der Waals surface area contributed by atoms with E-state index in [1.54, 1.807) is 12.4 Å². The van der Waals surface area contributed by atoms with Crippen LogP contribution in [-0.2, 0) is 16.1 Å². The Morgan fingerprint density at radius 3 is 2.46 bits per heavy atom. The van der Waals surface area contributed by atoms with Crippen molar-refractivity contribution in [1.29, 1.82) is 0 Å². The van der Waals surface area contributed by atoms with Crippen LogP contribution in [0, 0.1) is 0 Å². The van der Waals surface area contributed by atoms with Crippen LogP contribution in [0.5, 0.6) is 11.5 Å². The first kappa shape index (κ1) is 17.0. The van der Waals surface area contributed by atoms with E-state index in [9.17, 15) is 9.59 Å². The van der Waals surface area contributed by atoms with Gasteiger partial charge in [0.05, 0.1) is 11.9 Å². The summed E-state index contributed by atoms with van der Waals surface area (Å²) in [5, 5.41) is 15.6. The van der Waals surface area contributed by atoms with Crippen molar-refractivity contribution in [2.75, 3.05) is 11.9 Å². The molecule has 7 nitrogen and oxygen atoms in total. The minimum absolute atomic E-state index is 0.558. The molecule has 3 rings (SSSR count). The maximum Gasteiger partial charge on any atom is 0.328 e. The molecule has 0 fully saturated rings. The summed E-state index contributed by atoms with van der Waals surface area (Å²) in [6.07, 6.45) is 4.66. The molecule has 0 aliphatic carbocycles. The van der Waals surface area contributed by atoms with Gasteiger partial charge >= 0.3 is 11.9 Å². The van der Waals surface area contributed by atoms with Crippen molar-refractivity contribution in [2.45, 2.75) is 6.54 Å². The predicted molar refractivity (Wildman–Crippen MR) is 87.3 cm³/mol. The molecule has 0 atom stereocenters. The number of carboxylic acid groups (broad SMARTS) is 2. The second-order valence-electron chi connectivity index (χ2n) is 4.92. The molecule has 0 bridgehead atoms. The first-order valence-corrected chi connectivity index (χ1v) is 7.02. The summed E-state index contributed by atoms with van der Waals surface area (Å²) in [5.74, 6) is -0.782. The average molecular weight is 328 g/mol. The van der Waals surface area contributed by atoms with Crippen LogP contribution in [0.4, 0.5) is 5.69 Å². The molecule has 2 heterocycles. The lowest BCUT2D eigenvalue weighted by Crippen LogP contribution is -2.14. The summed E-state index contributed by atoms with van der Waals surface area (Å²) in [7, 11) is 2.06. The second-order valence-corrected chi connectivity index (χ2v) is 4.92. The standard InChI is InChI=1S/C13H12N2O.C4H4O4/c1-15-9-10-4-2-3-5-12(10)16-13-8-14-7-6-11(13)15;5-3(6)1-2-4(7)8/h2-8H,9H2,1H3;1-2H,(H,5,6)(H,7,8). The molecule has 1 aromatic heterocycles. The van der Waals surface area contributed by atoms with E-state index in [2.05, 4.69) is 23.0 Å². The second kappa shape index (κ2) is 7.77. The summed E-state index contributed by atoms with van der Waals surface area (Å²) in [5.41, 5.74) is 2.27. The van der Waals surface area contributed by atoms with Crippen LogP contribution in [-0.4, -0.2) is 34.2 Å². The first-order valence-electron chi connectivity index (χ1n) is 7.02. The van der Waals surface area contributed by atoms with Gasteiger partial charge in [0.2, 0.25) is 0 Å². The van der Waals surface area contributed by atoms with Crippen LogP contribution >= 0.6 is 0 Å². The van der Waals surface area contributed by atoms with Crippen LogP contribution in [0.15, 0.2) is 54.9 Å². The summed E-state index contributed by atoms with van der Waals surface area (Å²) in [4.78, 5) is 25.4. The number of hydrogen-bond acceptors (Lipinski definition) is 5. The van der Waals surface area contributed by atoms with Gasteiger partial charge in [-0.2, -0.15) is 0 Å². The Hall–Kier alpha value is -3.35. The van der Waals surface area contributed by atoms with Crippen molar-refractivity contribution in [3.63, 3.8) is 0 Å². The Morgan fingerprint density at radius 2 is 1.79 bits per heavy atom. The van der Waals surface area contributed by atoms with Gasteiger partial charge in [-0.15, -0.1) is 0 Å². The zero-order valence-corrected chi connectivity index (χ0v) is 12.9. The molecule has 0 saturated heterocycles. The number of anilines is 1. The first-order chi connectivity index (χ1) is 11.5. The third-order valence-electron chi connectivity index (χ3n) is 3.14. The maximum atomic E-state index is 9.55. The Balaban J connectivity index is 0.000000224. The molecule has 7 heteroatoms. The number of rotatable bonds is 2. The van der Waals surface area contributed by atoms with E-state index in [0.717, 1.165) is 23.7 Å². The van der Waals surface area contributed by atoms with Crippen molar-refractivity contribution >= 4 is 17.6 Å². The third-order valence-corrected chi connectivity index (χ3v) is 3.14. The molecular weight excluding hydrogens is 312 g/mol. The molecule has 24 heavy (non-hydrogen) atoms.